The monoisotopic (exact) mass is 344 g/mol. The number of carbonyl (C=O) groups excluding carboxylic acids is 1. The molecule has 1 saturated carbocycles. The highest BCUT2D eigenvalue weighted by atomic mass is 16.1. The van der Waals surface area contributed by atoms with E-state index in [0.717, 1.165) is 49.6 Å². The van der Waals surface area contributed by atoms with Gasteiger partial charge in [-0.25, -0.2) is 4.99 Å². The molecule has 0 aliphatic heterocycles. The van der Waals surface area contributed by atoms with Crippen molar-refractivity contribution in [1.82, 2.24) is 10.6 Å². The second-order valence-electron chi connectivity index (χ2n) is 6.65. The Morgan fingerprint density at radius 3 is 2.68 bits per heavy atom. The van der Waals surface area contributed by atoms with E-state index >= 15 is 0 Å². The van der Waals surface area contributed by atoms with Crippen molar-refractivity contribution in [2.24, 2.45) is 10.9 Å². The third kappa shape index (κ3) is 6.77. The summed E-state index contributed by atoms with van der Waals surface area (Å²) in [5, 5.41) is 9.63. The van der Waals surface area contributed by atoms with Gasteiger partial charge in [-0.15, -0.1) is 0 Å². The van der Waals surface area contributed by atoms with E-state index in [-0.39, 0.29) is 11.8 Å². The standard InChI is InChI=1S/C20H32N4O/c1-3-13-22-20(21-4-2)23-15-16-9-8-12-18(14-16)24-19(25)17-10-6-5-7-11-17/h8-9,12,14,17H,3-7,10-11,13,15H2,1-2H3,(H,24,25)(H2,21,22,23). The molecule has 0 saturated heterocycles. The molecule has 0 atom stereocenters. The first kappa shape index (κ1) is 19.3. The summed E-state index contributed by atoms with van der Waals surface area (Å²) in [5.41, 5.74) is 1.96. The number of amides is 1. The highest BCUT2D eigenvalue weighted by Gasteiger charge is 2.20. The summed E-state index contributed by atoms with van der Waals surface area (Å²) in [7, 11) is 0. The van der Waals surface area contributed by atoms with Crippen LogP contribution in [0.2, 0.25) is 0 Å². The first-order chi connectivity index (χ1) is 12.2. The maximum absolute atomic E-state index is 12.4. The van der Waals surface area contributed by atoms with Gasteiger partial charge < -0.3 is 16.0 Å². The zero-order chi connectivity index (χ0) is 17.9. The lowest BCUT2D eigenvalue weighted by Crippen LogP contribution is -2.37. The summed E-state index contributed by atoms with van der Waals surface area (Å²) in [4.78, 5) is 17.0. The molecule has 2 rings (SSSR count). The summed E-state index contributed by atoms with van der Waals surface area (Å²) < 4.78 is 0. The molecule has 5 heteroatoms. The normalized spacial score (nSPS) is 15.7. The number of hydrogen-bond acceptors (Lipinski definition) is 2. The summed E-state index contributed by atoms with van der Waals surface area (Å²) >= 11 is 0. The minimum absolute atomic E-state index is 0.165. The minimum Gasteiger partial charge on any atom is -0.357 e. The maximum Gasteiger partial charge on any atom is 0.227 e. The lowest BCUT2D eigenvalue weighted by molar-refractivity contribution is -0.120. The lowest BCUT2D eigenvalue weighted by atomic mass is 9.88. The van der Waals surface area contributed by atoms with Crippen LogP contribution in [0.1, 0.15) is 57.9 Å². The smallest absolute Gasteiger partial charge is 0.227 e. The zero-order valence-corrected chi connectivity index (χ0v) is 15.6. The Balaban J connectivity index is 1.94. The largest absolute Gasteiger partial charge is 0.357 e. The number of nitrogens with zero attached hydrogens (tertiary/aromatic N) is 1. The Kier molecular flexibility index (Phi) is 8.29. The van der Waals surface area contributed by atoms with Crippen molar-refractivity contribution in [1.29, 1.82) is 0 Å². The van der Waals surface area contributed by atoms with Gasteiger partial charge in [-0.05, 0) is 43.9 Å². The van der Waals surface area contributed by atoms with Crippen molar-refractivity contribution >= 4 is 17.6 Å². The van der Waals surface area contributed by atoms with Gasteiger partial charge in [0.2, 0.25) is 5.91 Å². The third-order valence-corrected chi connectivity index (χ3v) is 4.48. The molecule has 0 bridgehead atoms. The number of nitrogens with one attached hydrogen (secondary N) is 3. The molecule has 25 heavy (non-hydrogen) atoms. The Labute approximate surface area is 151 Å². The fourth-order valence-corrected chi connectivity index (χ4v) is 3.11. The fourth-order valence-electron chi connectivity index (χ4n) is 3.11. The van der Waals surface area contributed by atoms with E-state index < -0.39 is 0 Å². The van der Waals surface area contributed by atoms with Gasteiger partial charge in [-0.3, -0.25) is 4.79 Å². The van der Waals surface area contributed by atoms with Crippen molar-refractivity contribution in [3.63, 3.8) is 0 Å². The van der Waals surface area contributed by atoms with Gasteiger partial charge in [-0.2, -0.15) is 0 Å². The molecule has 138 valence electrons. The van der Waals surface area contributed by atoms with E-state index in [0.29, 0.717) is 6.54 Å². The quantitative estimate of drug-likeness (QED) is 0.522. The van der Waals surface area contributed by atoms with E-state index in [9.17, 15) is 4.79 Å². The molecular formula is C20H32N4O. The fraction of sp³-hybridized carbons (Fsp3) is 0.600. The molecule has 0 radical (unpaired) electrons. The average Bonchev–Trinajstić information content (AvgIpc) is 2.65. The number of rotatable bonds is 7. The van der Waals surface area contributed by atoms with Gasteiger partial charge in [0, 0.05) is 24.7 Å². The number of guanidine groups is 1. The molecule has 5 nitrogen and oxygen atoms in total. The van der Waals surface area contributed by atoms with Crippen LogP contribution in [0, 0.1) is 5.92 Å². The Morgan fingerprint density at radius 1 is 1.16 bits per heavy atom. The maximum atomic E-state index is 12.4. The second-order valence-corrected chi connectivity index (χ2v) is 6.65. The molecular weight excluding hydrogens is 312 g/mol. The molecule has 0 heterocycles. The van der Waals surface area contributed by atoms with Crippen molar-refractivity contribution in [2.45, 2.75) is 58.9 Å². The molecule has 1 aliphatic rings. The third-order valence-electron chi connectivity index (χ3n) is 4.48. The van der Waals surface area contributed by atoms with E-state index in [2.05, 4.69) is 34.8 Å². The highest BCUT2D eigenvalue weighted by molar-refractivity contribution is 5.92. The average molecular weight is 345 g/mol. The summed E-state index contributed by atoms with van der Waals surface area (Å²) in [6.07, 6.45) is 6.70. The molecule has 3 N–H and O–H groups in total. The molecule has 1 aromatic carbocycles. The van der Waals surface area contributed by atoms with Crippen molar-refractivity contribution in [3.8, 4) is 0 Å². The summed E-state index contributed by atoms with van der Waals surface area (Å²) in [5.74, 6) is 1.17. The molecule has 0 aromatic heterocycles. The number of carbonyl (C=O) groups is 1. The first-order valence-electron chi connectivity index (χ1n) is 9.65. The lowest BCUT2D eigenvalue weighted by Gasteiger charge is -2.20. The Hall–Kier alpha value is -2.04. The van der Waals surface area contributed by atoms with E-state index in [1.165, 1.54) is 19.3 Å². The van der Waals surface area contributed by atoms with Gasteiger partial charge in [0.15, 0.2) is 5.96 Å². The van der Waals surface area contributed by atoms with E-state index in [1.807, 2.05) is 24.3 Å². The van der Waals surface area contributed by atoms with Crippen molar-refractivity contribution in [2.75, 3.05) is 18.4 Å². The van der Waals surface area contributed by atoms with Crippen molar-refractivity contribution in [3.05, 3.63) is 29.8 Å². The summed E-state index contributed by atoms with van der Waals surface area (Å²) in [6.45, 7) is 6.53. The molecule has 1 fully saturated rings. The van der Waals surface area contributed by atoms with Crippen LogP contribution in [0.15, 0.2) is 29.3 Å². The molecule has 0 unspecified atom stereocenters. The van der Waals surface area contributed by atoms with Crippen LogP contribution in [0.5, 0.6) is 0 Å². The van der Waals surface area contributed by atoms with Gasteiger partial charge >= 0.3 is 0 Å². The Morgan fingerprint density at radius 2 is 1.96 bits per heavy atom. The number of benzene rings is 1. The predicted octanol–water partition coefficient (Wildman–Crippen LogP) is 3.67. The van der Waals surface area contributed by atoms with Crippen LogP contribution in [0.25, 0.3) is 0 Å². The van der Waals surface area contributed by atoms with E-state index in [4.69, 9.17) is 0 Å². The SMILES string of the molecule is CCCNC(=NCc1cccc(NC(=O)C2CCCCC2)c1)NCC. The first-order valence-corrected chi connectivity index (χ1v) is 9.65. The number of aliphatic imine (C=N–C) groups is 1. The van der Waals surface area contributed by atoms with Gasteiger partial charge in [0.1, 0.15) is 0 Å². The van der Waals surface area contributed by atoms with Crippen LogP contribution >= 0.6 is 0 Å². The van der Waals surface area contributed by atoms with Crippen LogP contribution < -0.4 is 16.0 Å². The number of anilines is 1. The second kappa shape index (κ2) is 10.7. The van der Waals surface area contributed by atoms with Crippen LogP contribution in [-0.2, 0) is 11.3 Å². The predicted molar refractivity (Wildman–Crippen MR) is 105 cm³/mol. The van der Waals surface area contributed by atoms with Crippen LogP contribution in [-0.4, -0.2) is 25.0 Å². The Bertz CT molecular complexity index is 565. The zero-order valence-electron chi connectivity index (χ0n) is 15.6. The van der Waals surface area contributed by atoms with Crippen molar-refractivity contribution < 1.29 is 4.79 Å². The highest BCUT2D eigenvalue weighted by Crippen LogP contribution is 2.25. The van der Waals surface area contributed by atoms with Crippen LogP contribution in [0.3, 0.4) is 0 Å². The molecule has 1 aromatic rings. The van der Waals surface area contributed by atoms with Gasteiger partial charge in [0.25, 0.3) is 0 Å². The topological polar surface area (TPSA) is 65.5 Å². The van der Waals surface area contributed by atoms with Gasteiger partial charge in [-0.1, -0.05) is 38.3 Å². The van der Waals surface area contributed by atoms with E-state index in [1.54, 1.807) is 0 Å². The summed E-state index contributed by atoms with van der Waals surface area (Å²) in [6, 6.07) is 8.00. The van der Waals surface area contributed by atoms with Crippen LogP contribution in [0.4, 0.5) is 5.69 Å². The van der Waals surface area contributed by atoms with Gasteiger partial charge in [0.05, 0.1) is 6.54 Å². The molecule has 1 amide bonds. The number of hydrogen-bond donors (Lipinski definition) is 3. The minimum atomic E-state index is 0.165. The molecule has 1 aliphatic carbocycles. The molecule has 0 spiro atoms.